The van der Waals surface area contributed by atoms with Crippen molar-refractivity contribution < 1.29 is 9.53 Å². The zero-order valence-corrected chi connectivity index (χ0v) is 14.6. The summed E-state index contributed by atoms with van der Waals surface area (Å²) in [6, 6.07) is 4.33. The minimum absolute atomic E-state index is 0.0476. The zero-order chi connectivity index (χ0) is 16.1. The van der Waals surface area contributed by atoms with Crippen LogP contribution < -0.4 is 4.80 Å². The normalized spacial score (nSPS) is 12.3. The van der Waals surface area contributed by atoms with E-state index in [2.05, 4.69) is 35.5 Å². The first-order valence-electron chi connectivity index (χ1n) is 7.82. The third kappa shape index (κ3) is 3.84. The Morgan fingerprint density at radius 1 is 1.32 bits per heavy atom. The summed E-state index contributed by atoms with van der Waals surface area (Å²) in [5.41, 5.74) is 3.60. The minimum Gasteiger partial charge on any atom is -0.380 e. The van der Waals surface area contributed by atoms with Crippen molar-refractivity contribution in [1.82, 2.24) is 4.57 Å². The van der Waals surface area contributed by atoms with Gasteiger partial charge in [-0.05, 0) is 44.4 Å². The van der Waals surface area contributed by atoms with Gasteiger partial charge in [-0.15, -0.1) is 0 Å². The molecule has 0 fully saturated rings. The molecular formula is C17H24N2O2S. The lowest BCUT2D eigenvalue weighted by atomic mass is 10.1. The number of amides is 1. The van der Waals surface area contributed by atoms with E-state index in [0.29, 0.717) is 19.6 Å². The van der Waals surface area contributed by atoms with Crippen molar-refractivity contribution in [2.45, 2.75) is 47.1 Å². The highest BCUT2D eigenvalue weighted by Crippen LogP contribution is 2.23. The first-order valence-corrected chi connectivity index (χ1v) is 8.64. The van der Waals surface area contributed by atoms with E-state index in [4.69, 9.17) is 4.74 Å². The number of fused-ring (bicyclic) bond motifs is 1. The molecule has 0 saturated heterocycles. The fraction of sp³-hybridized carbons (Fsp3) is 0.529. The predicted molar refractivity (Wildman–Crippen MR) is 91.3 cm³/mol. The van der Waals surface area contributed by atoms with E-state index in [0.717, 1.165) is 23.3 Å². The predicted octanol–water partition coefficient (Wildman–Crippen LogP) is 3.58. The number of thiazole rings is 1. The van der Waals surface area contributed by atoms with Crippen molar-refractivity contribution in [3.8, 4) is 0 Å². The van der Waals surface area contributed by atoms with Crippen LogP contribution >= 0.6 is 11.3 Å². The lowest BCUT2D eigenvalue weighted by molar-refractivity contribution is -0.118. The topological polar surface area (TPSA) is 43.6 Å². The van der Waals surface area contributed by atoms with Gasteiger partial charge in [-0.1, -0.05) is 24.3 Å². The van der Waals surface area contributed by atoms with Crippen LogP contribution in [0.15, 0.2) is 17.1 Å². The molecule has 0 bridgehead atoms. The van der Waals surface area contributed by atoms with Crippen molar-refractivity contribution in [3.05, 3.63) is 28.1 Å². The zero-order valence-electron chi connectivity index (χ0n) is 13.8. The molecule has 4 nitrogen and oxygen atoms in total. The van der Waals surface area contributed by atoms with Crippen molar-refractivity contribution >= 4 is 27.5 Å². The SMILES string of the molecule is CCCC(=O)N=c1sc2c(C)cc(C)cc2n1CCOCC. The number of nitrogens with zero attached hydrogens (tertiary/aromatic N) is 2. The summed E-state index contributed by atoms with van der Waals surface area (Å²) in [7, 11) is 0. The summed E-state index contributed by atoms with van der Waals surface area (Å²) in [6.07, 6.45) is 1.32. The number of hydrogen-bond donors (Lipinski definition) is 0. The molecular weight excluding hydrogens is 296 g/mol. The van der Waals surface area contributed by atoms with Crippen molar-refractivity contribution in [3.63, 3.8) is 0 Å². The van der Waals surface area contributed by atoms with Crippen LogP contribution in [0, 0.1) is 13.8 Å². The fourth-order valence-corrected chi connectivity index (χ4v) is 3.61. The second-order valence-corrected chi connectivity index (χ2v) is 6.40. The minimum atomic E-state index is -0.0476. The standard InChI is InChI=1S/C17H24N2O2S/c1-5-7-15(20)18-17-19(8-9-21-6-2)14-11-12(3)10-13(4)16(14)22-17/h10-11H,5-9H2,1-4H3. The molecule has 0 aliphatic carbocycles. The van der Waals surface area contributed by atoms with Gasteiger partial charge in [0, 0.05) is 19.6 Å². The van der Waals surface area contributed by atoms with E-state index in [1.165, 1.54) is 15.8 Å². The van der Waals surface area contributed by atoms with Gasteiger partial charge in [0.25, 0.3) is 0 Å². The van der Waals surface area contributed by atoms with E-state index in [-0.39, 0.29) is 5.91 Å². The fourth-order valence-electron chi connectivity index (χ4n) is 2.49. The Balaban J connectivity index is 2.55. The van der Waals surface area contributed by atoms with Crippen molar-refractivity contribution in [2.24, 2.45) is 4.99 Å². The number of rotatable bonds is 6. The maximum absolute atomic E-state index is 11.9. The van der Waals surface area contributed by atoms with E-state index < -0.39 is 0 Å². The van der Waals surface area contributed by atoms with Crippen LogP contribution in [0.3, 0.4) is 0 Å². The van der Waals surface area contributed by atoms with Gasteiger partial charge in [0.1, 0.15) is 0 Å². The van der Waals surface area contributed by atoms with Crippen LogP contribution in [-0.4, -0.2) is 23.7 Å². The van der Waals surface area contributed by atoms with E-state index in [1.807, 2.05) is 13.8 Å². The monoisotopic (exact) mass is 320 g/mol. The molecule has 0 atom stereocenters. The van der Waals surface area contributed by atoms with Gasteiger partial charge in [0.15, 0.2) is 4.80 Å². The largest absolute Gasteiger partial charge is 0.380 e. The van der Waals surface area contributed by atoms with Gasteiger partial charge in [-0.3, -0.25) is 4.79 Å². The molecule has 5 heteroatoms. The van der Waals surface area contributed by atoms with Crippen LogP contribution in [0.2, 0.25) is 0 Å². The lowest BCUT2D eigenvalue weighted by Crippen LogP contribution is -2.19. The highest BCUT2D eigenvalue weighted by Gasteiger charge is 2.10. The van der Waals surface area contributed by atoms with Gasteiger partial charge in [0.05, 0.1) is 16.8 Å². The Bertz CT molecular complexity index is 728. The van der Waals surface area contributed by atoms with Gasteiger partial charge >= 0.3 is 0 Å². The number of aryl methyl sites for hydroxylation is 2. The average Bonchev–Trinajstić information content (AvgIpc) is 2.78. The van der Waals surface area contributed by atoms with Crippen molar-refractivity contribution in [1.29, 1.82) is 0 Å². The third-order valence-electron chi connectivity index (χ3n) is 3.46. The number of carbonyl (C=O) groups excluding carboxylic acids is 1. The maximum atomic E-state index is 11.9. The lowest BCUT2D eigenvalue weighted by Gasteiger charge is -2.06. The molecule has 1 aromatic carbocycles. The van der Waals surface area contributed by atoms with Crippen LogP contribution in [0.5, 0.6) is 0 Å². The first kappa shape index (κ1) is 16.9. The second kappa shape index (κ2) is 7.70. The first-order chi connectivity index (χ1) is 10.6. The Hall–Kier alpha value is -1.46. The molecule has 1 amide bonds. The summed E-state index contributed by atoms with van der Waals surface area (Å²) in [4.78, 5) is 17.0. The average molecular weight is 320 g/mol. The van der Waals surface area contributed by atoms with Gasteiger partial charge in [-0.2, -0.15) is 4.99 Å². The van der Waals surface area contributed by atoms with Gasteiger partial charge in [-0.25, -0.2) is 0 Å². The number of aromatic nitrogens is 1. The number of carbonyl (C=O) groups is 1. The summed E-state index contributed by atoms with van der Waals surface area (Å²) in [5.74, 6) is -0.0476. The molecule has 0 radical (unpaired) electrons. The molecule has 2 rings (SSSR count). The summed E-state index contributed by atoms with van der Waals surface area (Å²) >= 11 is 1.59. The molecule has 1 aromatic heterocycles. The molecule has 0 spiro atoms. The van der Waals surface area contributed by atoms with E-state index >= 15 is 0 Å². The van der Waals surface area contributed by atoms with Gasteiger partial charge in [0.2, 0.25) is 5.91 Å². The molecule has 0 saturated carbocycles. The Morgan fingerprint density at radius 3 is 2.77 bits per heavy atom. The quantitative estimate of drug-likeness (QED) is 0.764. The summed E-state index contributed by atoms with van der Waals surface area (Å²) in [5, 5.41) is 0. The van der Waals surface area contributed by atoms with Crippen LogP contribution in [0.25, 0.3) is 10.2 Å². The summed E-state index contributed by atoms with van der Waals surface area (Å²) in [6.45, 7) is 10.2. The van der Waals surface area contributed by atoms with Crippen LogP contribution in [0.1, 0.15) is 37.8 Å². The molecule has 120 valence electrons. The number of ether oxygens (including phenoxy) is 1. The maximum Gasteiger partial charge on any atom is 0.248 e. The smallest absolute Gasteiger partial charge is 0.248 e. The Kier molecular flexibility index (Phi) is 5.91. The highest BCUT2D eigenvalue weighted by molar-refractivity contribution is 7.16. The van der Waals surface area contributed by atoms with Crippen LogP contribution in [0.4, 0.5) is 0 Å². The Labute approximate surface area is 135 Å². The molecule has 0 aliphatic rings. The van der Waals surface area contributed by atoms with E-state index in [1.54, 1.807) is 11.3 Å². The third-order valence-corrected chi connectivity index (χ3v) is 4.69. The number of hydrogen-bond acceptors (Lipinski definition) is 3. The van der Waals surface area contributed by atoms with Gasteiger partial charge < -0.3 is 9.30 Å². The highest BCUT2D eigenvalue weighted by atomic mass is 32.1. The molecule has 22 heavy (non-hydrogen) atoms. The number of benzene rings is 1. The molecule has 1 heterocycles. The second-order valence-electron chi connectivity index (χ2n) is 5.42. The van der Waals surface area contributed by atoms with Crippen molar-refractivity contribution in [2.75, 3.05) is 13.2 Å². The summed E-state index contributed by atoms with van der Waals surface area (Å²) < 4.78 is 8.79. The molecule has 0 unspecified atom stereocenters. The van der Waals surface area contributed by atoms with Crippen LogP contribution in [-0.2, 0) is 16.1 Å². The molecule has 2 aromatic rings. The van der Waals surface area contributed by atoms with E-state index in [9.17, 15) is 4.79 Å². The molecule has 0 N–H and O–H groups in total. The Morgan fingerprint density at radius 2 is 2.09 bits per heavy atom. The molecule has 0 aliphatic heterocycles.